The molecule has 1 unspecified atom stereocenters. The lowest BCUT2D eigenvalue weighted by Crippen LogP contribution is -2.39. The number of Topliss-reactive ketones (excluding diaryl/α,β-unsaturated/α-hetero) is 1. The van der Waals surface area contributed by atoms with Gasteiger partial charge in [-0.2, -0.15) is 11.8 Å². The molecule has 82 valence electrons. The molecule has 1 aliphatic heterocycles. The van der Waals surface area contributed by atoms with Crippen molar-refractivity contribution in [1.29, 1.82) is 0 Å². The molecule has 2 nitrogen and oxygen atoms in total. The summed E-state index contributed by atoms with van der Waals surface area (Å²) < 4.78 is 0. The molecule has 1 saturated heterocycles. The molecular weight excluding hydrogens is 194 g/mol. The van der Waals surface area contributed by atoms with Gasteiger partial charge < -0.3 is 0 Å². The quantitative estimate of drug-likeness (QED) is 0.718. The Hall–Kier alpha value is -0.0200. The number of hydrogen-bond acceptors (Lipinski definition) is 3. The van der Waals surface area contributed by atoms with Gasteiger partial charge in [0.15, 0.2) is 5.78 Å². The summed E-state index contributed by atoms with van der Waals surface area (Å²) in [4.78, 5) is 14.0. The molecule has 14 heavy (non-hydrogen) atoms. The summed E-state index contributed by atoms with van der Waals surface area (Å²) in [5.41, 5.74) is -0.194. The number of rotatable bonds is 3. The van der Waals surface area contributed by atoms with Gasteiger partial charge in [-0.05, 0) is 19.2 Å². The minimum Gasteiger partial charge on any atom is -0.298 e. The molecule has 1 rings (SSSR count). The Morgan fingerprint density at radius 3 is 2.57 bits per heavy atom. The molecule has 0 aromatic rings. The minimum absolute atomic E-state index is 0.194. The molecular formula is C11H21NOS. The van der Waals surface area contributed by atoms with Gasteiger partial charge in [0, 0.05) is 17.2 Å². The highest BCUT2D eigenvalue weighted by atomic mass is 32.2. The molecule has 0 aromatic heterocycles. The van der Waals surface area contributed by atoms with Crippen LogP contribution in [0.3, 0.4) is 0 Å². The first-order valence-electron chi connectivity index (χ1n) is 5.22. The van der Waals surface area contributed by atoms with E-state index in [1.807, 2.05) is 32.5 Å². The Bertz CT molecular complexity index is 204. The molecule has 0 aliphatic carbocycles. The van der Waals surface area contributed by atoms with Gasteiger partial charge in [0.25, 0.3) is 0 Å². The Morgan fingerprint density at radius 1 is 1.50 bits per heavy atom. The lowest BCUT2D eigenvalue weighted by molar-refractivity contribution is -0.127. The SMILES string of the molecule is CN(CC(=O)C(C)(C)C)C1CCSC1. The van der Waals surface area contributed by atoms with E-state index in [1.54, 1.807) is 0 Å². The summed E-state index contributed by atoms with van der Waals surface area (Å²) >= 11 is 1.99. The van der Waals surface area contributed by atoms with Crippen LogP contribution in [0.5, 0.6) is 0 Å². The van der Waals surface area contributed by atoms with Gasteiger partial charge in [-0.1, -0.05) is 20.8 Å². The van der Waals surface area contributed by atoms with Crippen LogP contribution in [-0.4, -0.2) is 41.8 Å². The van der Waals surface area contributed by atoms with Crippen molar-refractivity contribution in [2.45, 2.75) is 33.2 Å². The Balaban J connectivity index is 2.39. The molecule has 1 atom stereocenters. The summed E-state index contributed by atoms with van der Waals surface area (Å²) in [5, 5.41) is 0. The van der Waals surface area contributed by atoms with Crippen LogP contribution in [0.2, 0.25) is 0 Å². The molecule has 0 spiro atoms. The normalized spacial score (nSPS) is 23.1. The first-order chi connectivity index (χ1) is 6.41. The lowest BCUT2D eigenvalue weighted by atomic mass is 9.90. The third-order valence-electron chi connectivity index (χ3n) is 2.76. The molecule has 3 heteroatoms. The van der Waals surface area contributed by atoms with E-state index in [4.69, 9.17) is 0 Å². The zero-order chi connectivity index (χ0) is 10.8. The monoisotopic (exact) mass is 215 g/mol. The number of ketones is 1. The van der Waals surface area contributed by atoms with Crippen molar-refractivity contribution in [3.05, 3.63) is 0 Å². The van der Waals surface area contributed by atoms with Crippen LogP contribution in [0.4, 0.5) is 0 Å². The van der Waals surface area contributed by atoms with E-state index >= 15 is 0 Å². The second-order valence-electron chi connectivity index (χ2n) is 5.11. The van der Waals surface area contributed by atoms with Crippen molar-refractivity contribution in [3.8, 4) is 0 Å². The van der Waals surface area contributed by atoms with Gasteiger partial charge in [-0.25, -0.2) is 0 Å². The average molecular weight is 215 g/mol. The van der Waals surface area contributed by atoms with Crippen molar-refractivity contribution in [1.82, 2.24) is 4.90 Å². The van der Waals surface area contributed by atoms with Crippen molar-refractivity contribution >= 4 is 17.5 Å². The molecule has 0 saturated carbocycles. The fraction of sp³-hybridized carbons (Fsp3) is 0.909. The van der Waals surface area contributed by atoms with E-state index in [2.05, 4.69) is 11.9 Å². The summed E-state index contributed by atoms with van der Waals surface area (Å²) in [6.07, 6.45) is 1.23. The van der Waals surface area contributed by atoms with E-state index in [0.29, 0.717) is 18.4 Å². The van der Waals surface area contributed by atoms with Gasteiger partial charge in [-0.15, -0.1) is 0 Å². The van der Waals surface area contributed by atoms with Gasteiger partial charge in [-0.3, -0.25) is 9.69 Å². The predicted molar refractivity (Wildman–Crippen MR) is 62.8 cm³/mol. The molecule has 1 fully saturated rings. The van der Waals surface area contributed by atoms with E-state index in [1.165, 1.54) is 17.9 Å². The van der Waals surface area contributed by atoms with Gasteiger partial charge in [0.2, 0.25) is 0 Å². The summed E-state index contributed by atoms with van der Waals surface area (Å²) in [7, 11) is 2.07. The second kappa shape index (κ2) is 4.67. The van der Waals surface area contributed by atoms with Crippen molar-refractivity contribution in [3.63, 3.8) is 0 Å². The van der Waals surface area contributed by atoms with Gasteiger partial charge in [0.05, 0.1) is 6.54 Å². The largest absolute Gasteiger partial charge is 0.298 e. The molecule has 0 N–H and O–H groups in total. The van der Waals surface area contributed by atoms with Crippen molar-refractivity contribution in [2.24, 2.45) is 5.41 Å². The Labute approximate surface area is 91.4 Å². The highest BCUT2D eigenvalue weighted by Crippen LogP contribution is 2.22. The summed E-state index contributed by atoms with van der Waals surface area (Å²) in [6.45, 7) is 6.58. The van der Waals surface area contributed by atoms with E-state index < -0.39 is 0 Å². The number of thioether (sulfide) groups is 1. The van der Waals surface area contributed by atoms with E-state index in [0.717, 1.165) is 0 Å². The highest BCUT2D eigenvalue weighted by Gasteiger charge is 2.26. The number of nitrogens with zero attached hydrogens (tertiary/aromatic N) is 1. The smallest absolute Gasteiger partial charge is 0.152 e. The van der Waals surface area contributed by atoms with Crippen LogP contribution < -0.4 is 0 Å². The maximum atomic E-state index is 11.8. The number of hydrogen-bond donors (Lipinski definition) is 0. The topological polar surface area (TPSA) is 20.3 Å². The predicted octanol–water partition coefficient (Wildman–Crippen LogP) is 2.04. The maximum absolute atomic E-state index is 11.8. The van der Waals surface area contributed by atoms with Crippen LogP contribution in [0.15, 0.2) is 0 Å². The maximum Gasteiger partial charge on any atom is 0.152 e. The van der Waals surface area contributed by atoms with Gasteiger partial charge >= 0.3 is 0 Å². The molecule has 1 aliphatic rings. The van der Waals surface area contributed by atoms with Crippen molar-refractivity contribution < 1.29 is 4.79 Å². The zero-order valence-electron chi connectivity index (χ0n) is 9.67. The number of carbonyl (C=O) groups is 1. The zero-order valence-corrected chi connectivity index (χ0v) is 10.5. The number of likely N-dealkylation sites (N-methyl/N-ethyl adjacent to an activating group) is 1. The lowest BCUT2D eigenvalue weighted by Gasteiger charge is -2.26. The van der Waals surface area contributed by atoms with Crippen LogP contribution >= 0.6 is 11.8 Å². The van der Waals surface area contributed by atoms with Gasteiger partial charge in [0.1, 0.15) is 0 Å². The molecule has 0 aromatic carbocycles. The minimum atomic E-state index is -0.194. The highest BCUT2D eigenvalue weighted by molar-refractivity contribution is 7.99. The first kappa shape index (κ1) is 12.1. The third kappa shape index (κ3) is 3.28. The number of carbonyl (C=O) groups excluding carboxylic acids is 1. The Kier molecular flexibility index (Phi) is 4.02. The van der Waals surface area contributed by atoms with E-state index in [9.17, 15) is 4.79 Å². The van der Waals surface area contributed by atoms with Crippen LogP contribution in [0, 0.1) is 5.41 Å². The fourth-order valence-corrected chi connectivity index (χ4v) is 2.76. The molecule has 0 amide bonds. The molecule has 1 heterocycles. The van der Waals surface area contributed by atoms with Crippen LogP contribution in [0.25, 0.3) is 0 Å². The van der Waals surface area contributed by atoms with Crippen molar-refractivity contribution in [2.75, 3.05) is 25.1 Å². The van der Waals surface area contributed by atoms with Crippen LogP contribution in [0.1, 0.15) is 27.2 Å². The first-order valence-corrected chi connectivity index (χ1v) is 6.38. The fourth-order valence-electron chi connectivity index (χ4n) is 1.46. The summed E-state index contributed by atoms with van der Waals surface area (Å²) in [6, 6.07) is 0.617. The molecule has 0 radical (unpaired) electrons. The third-order valence-corrected chi connectivity index (χ3v) is 3.90. The van der Waals surface area contributed by atoms with Crippen LogP contribution in [-0.2, 0) is 4.79 Å². The standard InChI is InChI=1S/C11H21NOS/c1-11(2,3)10(13)7-12(4)9-5-6-14-8-9/h9H,5-8H2,1-4H3. The molecule has 0 bridgehead atoms. The summed E-state index contributed by atoms with van der Waals surface area (Å²) in [5.74, 6) is 2.78. The average Bonchev–Trinajstić information content (AvgIpc) is 2.53. The Morgan fingerprint density at radius 2 is 2.14 bits per heavy atom. The van der Waals surface area contributed by atoms with E-state index in [-0.39, 0.29) is 5.41 Å². The second-order valence-corrected chi connectivity index (χ2v) is 6.26.